The minimum absolute atomic E-state index is 0.101. The molecule has 1 aliphatic rings. The molecule has 0 fully saturated rings. The van der Waals surface area contributed by atoms with Gasteiger partial charge in [-0.2, -0.15) is 0 Å². The number of nitrogens with zero attached hydrogens (tertiary/aromatic N) is 1. The molecule has 0 radical (unpaired) electrons. The summed E-state index contributed by atoms with van der Waals surface area (Å²) in [6.07, 6.45) is 4.17. The van der Waals surface area contributed by atoms with Crippen LogP contribution in [0, 0.1) is 0 Å². The summed E-state index contributed by atoms with van der Waals surface area (Å²) in [5, 5.41) is 0. The van der Waals surface area contributed by atoms with Crippen molar-refractivity contribution in [3.05, 3.63) is 54.4 Å². The molecule has 0 amide bonds. The fourth-order valence-electron chi connectivity index (χ4n) is 2.17. The van der Waals surface area contributed by atoms with E-state index in [1.54, 1.807) is 12.4 Å². The van der Waals surface area contributed by atoms with Crippen molar-refractivity contribution in [3.63, 3.8) is 0 Å². The van der Waals surface area contributed by atoms with Crippen molar-refractivity contribution in [2.75, 3.05) is 6.61 Å². The molecule has 0 saturated carbocycles. The summed E-state index contributed by atoms with van der Waals surface area (Å²) in [6, 6.07) is 11.5. The zero-order chi connectivity index (χ0) is 13.1. The Kier molecular flexibility index (Phi) is 3.33. The number of benzene rings is 1. The van der Waals surface area contributed by atoms with Crippen molar-refractivity contribution in [2.24, 2.45) is 5.73 Å². The molecule has 2 atom stereocenters. The Hall–Kier alpha value is -2.07. The van der Waals surface area contributed by atoms with Gasteiger partial charge in [0.2, 0.25) is 0 Å². The number of rotatable bonds is 3. The Bertz CT molecular complexity index is 545. The summed E-state index contributed by atoms with van der Waals surface area (Å²) in [5.41, 5.74) is 7.37. The minimum atomic E-state index is -0.122. The van der Waals surface area contributed by atoms with Crippen LogP contribution in [0.1, 0.15) is 5.56 Å². The van der Waals surface area contributed by atoms with Gasteiger partial charge in [0.05, 0.1) is 0 Å². The fraction of sp³-hybridized carbons (Fsp3) is 0.267. The van der Waals surface area contributed by atoms with E-state index in [1.165, 1.54) is 0 Å². The van der Waals surface area contributed by atoms with Gasteiger partial charge in [-0.15, -0.1) is 0 Å². The molecule has 1 aromatic carbocycles. The SMILES string of the molecule is N[C@@H](Cc1ccncc1)[C@H]1COc2ccccc2O1. The van der Waals surface area contributed by atoms with Crippen LogP contribution < -0.4 is 15.2 Å². The van der Waals surface area contributed by atoms with Gasteiger partial charge in [0.1, 0.15) is 12.7 Å². The fourth-order valence-corrected chi connectivity index (χ4v) is 2.17. The smallest absolute Gasteiger partial charge is 0.161 e. The van der Waals surface area contributed by atoms with Crippen molar-refractivity contribution in [2.45, 2.75) is 18.6 Å². The van der Waals surface area contributed by atoms with E-state index in [0.29, 0.717) is 6.61 Å². The van der Waals surface area contributed by atoms with Gasteiger partial charge in [0.15, 0.2) is 11.5 Å². The van der Waals surface area contributed by atoms with Crippen molar-refractivity contribution >= 4 is 0 Å². The second-order valence-corrected chi connectivity index (χ2v) is 4.64. The van der Waals surface area contributed by atoms with Gasteiger partial charge in [-0.3, -0.25) is 4.98 Å². The van der Waals surface area contributed by atoms with E-state index in [0.717, 1.165) is 23.5 Å². The third kappa shape index (κ3) is 2.69. The predicted octanol–water partition coefficient (Wildman–Crippen LogP) is 1.79. The van der Waals surface area contributed by atoms with E-state index in [2.05, 4.69) is 4.98 Å². The van der Waals surface area contributed by atoms with Crippen LogP contribution in [-0.4, -0.2) is 23.7 Å². The molecule has 0 saturated heterocycles. The molecule has 0 spiro atoms. The van der Waals surface area contributed by atoms with Crippen LogP contribution in [0.25, 0.3) is 0 Å². The maximum absolute atomic E-state index is 6.21. The Morgan fingerprint density at radius 3 is 2.68 bits per heavy atom. The summed E-state index contributed by atoms with van der Waals surface area (Å²) < 4.78 is 11.6. The summed E-state index contributed by atoms with van der Waals surface area (Å²) in [6.45, 7) is 0.489. The van der Waals surface area contributed by atoms with Gasteiger partial charge < -0.3 is 15.2 Å². The molecule has 19 heavy (non-hydrogen) atoms. The van der Waals surface area contributed by atoms with E-state index >= 15 is 0 Å². The molecule has 3 rings (SSSR count). The second kappa shape index (κ2) is 5.28. The molecule has 98 valence electrons. The van der Waals surface area contributed by atoms with Gasteiger partial charge in [0.25, 0.3) is 0 Å². The Balaban J connectivity index is 1.68. The Morgan fingerprint density at radius 1 is 1.16 bits per heavy atom. The Morgan fingerprint density at radius 2 is 1.89 bits per heavy atom. The lowest BCUT2D eigenvalue weighted by molar-refractivity contribution is 0.0723. The first kappa shape index (κ1) is 12.0. The number of hydrogen-bond donors (Lipinski definition) is 1. The third-order valence-corrected chi connectivity index (χ3v) is 3.23. The van der Waals surface area contributed by atoms with Crippen LogP contribution in [0.4, 0.5) is 0 Å². The molecule has 4 heteroatoms. The van der Waals surface area contributed by atoms with Crippen molar-refractivity contribution in [1.82, 2.24) is 4.98 Å². The zero-order valence-electron chi connectivity index (χ0n) is 10.5. The largest absolute Gasteiger partial charge is 0.486 e. The summed E-state index contributed by atoms with van der Waals surface area (Å²) in [7, 11) is 0. The highest BCUT2D eigenvalue weighted by molar-refractivity contribution is 5.40. The molecule has 2 aromatic rings. The highest BCUT2D eigenvalue weighted by Crippen LogP contribution is 2.31. The number of nitrogens with two attached hydrogens (primary N) is 1. The standard InChI is InChI=1S/C15H16N2O2/c16-12(9-11-5-7-17-8-6-11)15-10-18-13-3-1-2-4-14(13)19-15/h1-8,12,15H,9-10,16H2/t12-,15+/m0/s1. The van der Waals surface area contributed by atoms with Crippen LogP contribution in [0.2, 0.25) is 0 Å². The van der Waals surface area contributed by atoms with E-state index in [4.69, 9.17) is 15.2 Å². The van der Waals surface area contributed by atoms with E-state index in [-0.39, 0.29) is 12.1 Å². The van der Waals surface area contributed by atoms with Crippen LogP contribution in [0.3, 0.4) is 0 Å². The van der Waals surface area contributed by atoms with Crippen molar-refractivity contribution < 1.29 is 9.47 Å². The molecular formula is C15H16N2O2. The van der Waals surface area contributed by atoms with Gasteiger partial charge in [-0.25, -0.2) is 0 Å². The van der Waals surface area contributed by atoms with Gasteiger partial charge in [-0.05, 0) is 36.2 Å². The molecule has 4 nitrogen and oxygen atoms in total. The molecule has 2 N–H and O–H groups in total. The molecule has 2 heterocycles. The van der Waals surface area contributed by atoms with Gasteiger partial charge in [-0.1, -0.05) is 12.1 Å². The maximum atomic E-state index is 6.21. The van der Waals surface area contributed by atoms with Gasteiger partial charge in [0, 0.05) is 18.4 Å². The van der Waals surface area contributed by atoms with Crippen LogP contribution in [-0.2, 0) is 6.42 Å². The normalized spacial score (nSPS) is 18.9. The summed E-state index contributed by atoms with van der Waals surface area (Å²) in [5.74, 6) is 1.55. The zero-order valence-corrected chi connectivity index (χ0v) is 10.5. The number of ether oxygens (including phenoxy) is 2. The molecule has 0 bridgehead atoms. The van der Waals surface area contributed by atoms with Crippen LogP contribution >= 0.6 is 0 Å². The van der Waals surface area contributed by atoms with Crippen molar-refractivity contribution in [1.29, 1.82) is 0 Å². The summed E-state index contributed by atoms with van der Waals surface area (Å²) in [4.78, 5) is 4.00. The first-order valence-electron chi connectivity index (χ1n) is 6.36. The molecule has 0 aliphatic carbocycles. The van der Waals surface area contributed by atoms with E-state index < -0.39 is 0 Å². The number of hydrogen-bond acceptors (Lipinski definition) is 4. The average molecular weight is 256 g/mol. The second-order valence-electron chi connectivity index (χ2n) is 4.64. The van der Waals surface area contributed by atoms with Gasteiger partial charge >= 0.3 is 0 Å². The third-order valence-electron chi connectivity index (χ3n) is 3.23. The highest BCUT2D eigenvalue weighted by Gasteiger charge is 2.26. The van der Waals surface area contributed by atoms with E-state index in [1.807, 2.05) is 36.4 Å². The average Bonchev–Trinajstić information content (AvgIpc) is 2.48. The lowest BCUT2D eigenvalue weighted by Gasteiger charge is -2.30. The van der Waals surface area contributed by atoms with E-state index in [9.17, 15) is 0 Å². The number of pyridine rings is 1. The highest BCUT2D eigenvalue weighted by atomic mass is 16.6. The first-order chi connectivity index (χ1) is 9.33. The monoisotopic (exact) mass is 256 g/mol. The molecule has 1 aliphatic heterocycles. The van der Waals surface area contributed by atoms with Crippen LogP contribution in [0.15, 0.2) is 48.8 Å². The number of fused-ring (bicyclic) bond motifs is 1. The summed E-state index contributed by atoms with van der Waals surface area (Å²) >= 11 is 0. The number of para-hydroxylation sites is 2. The van der Waals surface area contributed by atoms with Crippen molar-refractivity contribution in [3.8, 4) is 11.5 Å². The molecular weight excluding hydrogens is 240 g/mol. The lowest BCUT2D eigenvalue weighted by atomic mass is 10.0. The molecule has 1 aromatic heterocycles. The number of aromatic nitrogens is 1. The predicted molar refractivity (Wildman–Crippen MR) is 72.3 cm³/mol. The Labute approximate surface area is 112 Å². The lowest BCUT2D eigenvalue weighted by Crippen LogP contribution is -2.46. The minimum Gasteiger partial charge on any atom is -0.486 e. The quantitative estimate of drug-likeness (QED) is 0.909. The topological polar surface area (TPSA) is 57.4 Å². The van der Waals surface area contributed by atoms with Crippen LogP contribution in [0.5, 0.6) is 11.5 Å². The maximum Gasteiger partial charge on any atom is 0.161 e. The molecule has 0 unspecified atom stereocenters. The first-order valence-corrected chi connectivity index (χ1v) is 6.36.